The van der Waals surface area contributed by atoms with E-state index in [9.17, 15) is 4.79 Å². The van der Waals surface area contributed by atoms with Crippen LogP contribution in [0.2, 0.25) is 0 Å². The zero-order valence-electron chi connectivity index (χ0n) is 16.7. The van der Waals surface area contributed by atoms with Gasteiger partial charge in [-0.1, -0.05) is 6.58 Å². The molecule has 0 bridgehead atoms. The lowest BCUT2D eigenvalue weighted by atomic mass is 9.99. The zero-order chi connectivity index (χ0) is 20.4. The number of fused-ring (bicyclic) bond motifs is 1. The molecule has 1 amide bonds. The third-order valence-electron chi connectivity index (χ3n) is 5.31. The number of carbonyl (C=O) groups excluding carboxylic acids is 1. The van der Waals surface area contributed by atoms with Gasteiger partial charge in [-0.3, -0.25) is 9.48 Å². The first kappa shape index (κ1) is 19.0. The molecular weight excluding hydrogens is 368 g/mol. The molecule has 0 aliphatic carbocycles. The first-order valence-corrected chi connectivity index (χ1v) is 9.91. The van der Waals surface area contributed by atoms with Crippen molar-refractivity contribution in [1.82, 2.24) is 29.6 Å². The Morgan fingerprint density at radius 1 is 1.41 bits per heavy atom. The number of carbonyl (C=O) groups is 1. The van der Waals surface area contributed by atoms with Crippen LogP contribution in [0, 0.1) is 0 Å². The lowest BCUT2D eigenvalue weighted by molar-refractivity contribution is -0.129. The largest absolute Gasteiger partial charge is 0.365 e. The van der Waals surface area contributed by atoms with Gasteiger partial charge in [-0.25, -0.2) is 0 Å². The Morgan fingerprint density at radius 3 is 3.03 bits per heavy atom. The van der Waals surface area contributed by atoms with Crippen LogP contribution >= 0.6 is 0 Å². The molecule has 3 N–H and O–H groups in total. The second-order valence-electron chi connectivity index (χ2n) is 7.31. The maximum atomic E-state index is 12.2. The number of hydrogen-bond acceptors (Lipinski definition) is 6. The molecule has 1 aliphatic rings. The number of hydrogen-bond donors (Lipinski definition) is 3. The summed E-state index contributed by atoms with van der Waals surface area (Å²) < 4.78 is 1.84. The average Bonchev–Trinajstić information content (AvgIpc) is 3.38. The third-order valence-corrected chi connectivity index (χ3v) is 5.31. The monoisotopic (exact) mass is 394 g/mol. The fourth-order valence-electron chi connectivity index (χ4n) is 3.68. The summed E-state index contributed by atoms with van der Waals surface area (Å²) in [5, 5.41) is 11.9. The van der Waals surface area contributed by atoms with Gasteiger partial charge in [-0.2, -0.15) is 15.1 Å². The molecule has 0 aromatic carbocycles. The fourth-order valence-corrected chi connectivity index (χ4v) is 3.68. The molecule has 1 saturated heterocycles. The minimum absolute atomic E-state index is 0.0335. The number of nitrogens with zero attached hydrogens (tertiary/aromatic N) is 5. The second kappa shape index (κ2) is 7.94. The molecule has 0 spiro atoms. The smallest absolute Gasteiger partial charge is 0.246 e. The zero-order valence-corrected chi connectivity index (χ0v) is 16.7. The number of aromatic amines is 1. The molecular formula is C20H26N8O. The highest BCUT2D eigenvalue weighted by molar-refractivity contribution is 5.89. The fraction of sp³-hybridized carbons (Fsp3) is 0.400. The molecule has 9 nitrogen and oxygen atoms in total. The Kier molecular flexibility index (Phi) is 5.20. The number of nitrogens with one attached hydrogen (secondary N) is 3. The maximum Gasteiger partial charge on any atom is 0.246 e. The van der Waals surface area contributed by atoms with Crippen LogP contribution in [0.4, 0.5) is 17.5 Å². The SMILES string of the molecule is C=CC(=O)N1C[C@H](Nc2nc(Nc3cnn(CC)c3)nc3[nH]ccc23)CC[C@@H]1C. The van der Waals surface area contributed by atoms with Crippen LogP contribution < -0.4 is 10.6 Å². The number of anilines is 3. The number of aromatic nitrogens is 5. The Morgan fingerprint density at radius 2 is 2.28 bits per heavy atom. The molecule has 1 aliphatic heterocycles. The Bertz CT molecular complexity index is 1020. The van der Waals surface area contributed by atoms with Crippen molar-refractivity contribution in [2.75, 3.05) is 17.2 Å². The van der Waals surface area contributed by atoms with Gasteiger partial charge in [0.05, 0.1) is 17.3 Å². The molecule has 0 unspecified atom stereocenters. The van der Waals surface area contributed by atoms with Gasteiger partial charge >= 0.3 is 0 Å². The summed E-state index contributed by atoms with van der Waals surface area (Å²) >= 11 is 0. The molecule has 9 heteroatoms. The predicted molar refractivity (Wildman–Crippen MR) is 113 cm³/mol. The van der Waals surface area contributed by atoms with Crippen LogP contribution in [0.1, 0.15) is 26.7 Å². The Labute approximate surface area is 169 Å². The van der Waals surface area contributed by atoms with Crippen LogP contribution in [-0.4, -0.2) is 54.2 Å². The van der Waals surface area contributed by atoms with Gasteiger partial charge in [-0.05, 0) is 38.8 Å². The summed E-state index contributed by atoms with van der Waals surface area (Å²) in [6, 6.07) is 2.27. The molecule has 4 rings (SSSR count). The third kappa shape index (κ3) is 3.94. The van der Waals surface area contributed by atoms with E-state index in [1.807, 2.05) is 35.0 Å². The van der Waals surface area contributed by atoms with Crippen molar-refractivity contribution in [3.8, 4) is 0 Å². The van der Waals surface area contributed by atoms with Crippen molar-refractivity contribution in [2.45, 2.75) is 45.3 Å². The molecule has 1 fully saturated rings. The van der Waals surface area contributed by atoms with Crippen molar-refractivity contribution in [1.29, 1.82) is 0 Å². The quantitative estimate of drug-likeness (QED) is 0.556. The molecule has 3 aromatic rings. The summed E-state index contributed by atoms with van der Waals surface area (Å²) in [5.41, 5.74) is 1.58. The number of piperidine rings is 1. The topological polar surface area (TPSA) is 104 Å². The molecule has 4 heterocycles. The van der Waals surface area contributed by atoms with E-state index in [2.05, 4.69) is 39.2 Å². The van der Waals surface area contributed by atoms with Gasteiger partial charge in [0.2, 0.25) is 11.9 Å². The minimum atomic E-state index is -0.0335. The van der Waals surface area contributed by atoms with Crippen molar-refractivity contribution in [3.05, 3.63) is 37.3 Å². The summed E-state index contributed by atoms with van der Waals surface area (Å²) in [7, 11) is 0. The number of rotatable bonds is 6. The number of aryl methyl sites for hydroxylation is 1. The van der Waals surface area contributed by atoms with Gasteiger partial charge in [0, 0.05) is 37.6 Å². The Balaban J connectivity index is 1.57. The first-order valence-electron chi connectivity index (χ1n) is 9.91. The number of H-pyrrole nitrogens is 1. The van der Waals surface area contributed by atoms with E-state index in [-0.39, 0.29) is 18.0 Å². The van der Waals surface area contributed by atoms with E-state index >= 15 is 0 Å². The maximum absolute atomic E-state index is 12.2. The van der Waals surface area contributed by atoms with Crippen molar-refractivity contribution in [3.63, 3.8) is 0 Å². The standard InChI is InChI=1S/C20H26N8O/c1-4-17(29)28-12-14(7-6-13(28)3)23-19-16-8-9-21-18(16)25-20(26-19)24-15-10-22-27(5-2)11-15/h4,8-11,13-14H,1,5-7,12H2,2-3H3,(H3,21,23,24,25,26)/t13-,14+/m0/s1. The highest BCUT2D eigenvalue weighted by Crippen LogP contribution is 2.26. The first-order chi connectivity index (χ1) is 14.1. The van der Waals surface area contributed by atoms with E-state index in [1.165, 1.54) is 6.08 Å². The lowest BCUT2D eigenvalue weighted by Crippen LogP contribution is -2.49. The van der Waals surface area contributed by atoms with Gasteiger partial charge in [0.1, 0.15) is 11.5 Å². The van der Waals surface area contributed by atoms with Crippen molar-refractivity contribution < 1.29 is 4.79 Å². The number of amides is 1. The van der Waals surface area contributed by atoms with Crippen LogP contribution in [-0.2, 0) is 11.3 Å². The number of likely N-dealkylation sites (tertiary alicyclic amines) is 1. The second-order valence-corrected chi connectivity index (χ2v) is 7.31. The van der Waals surface area contributed by atoms with Crippen molar-refractivity contribution in [2.24, 2.45) is 0 Å². The molecule has 0 saturated carbocycles. The van der Waals surface area contributed by atoms with E-state index in [4.69, 9.17) is 4.98 Å². The van der Waals surface area contributed by atoms with Gasteiger partial charge in [0.25, 0.3) is 0 Å². The van der Waals surface area contributed by atoms with Gasteiger partial charge in [-0.15, -0.1) is 0 Å². The van der Waals surface area contributed by atoms with Crippen LogP contribution in [0.3, 0.4) is 0 Å². The van der Waals surface area contributed by atoms with Crippen molar-refractivity contribution >= 4 is 34.4 Å². The minimum Gasteiger partial charge on any atom is -0.365 e. The van der Waals surface area contributed by atoms with Gasteiger partial charge in [0.15, 0.2) is 0 Å². The van der Waals surface area contributed by atoms with Gasteiger partial charge < -0.3 is 20.5 Å². The van der Waals surface area contributed by atoms with E-state index in [1.54, 1.807) is 6.20 Å². The van der Waals surface area contributed by atoms with Crippen LogP contribution in [0.25, 0.3) is 11.0 Å². The predicted octanol–water partition coefficient (Wildman–Crippen LogP) is 2.90. The summed E-state index contributed by atoms with van der Waals surface area (Å²) in [5.74, 6) is 1.20. The van der Waals surface area contributed by atoms with E-state index in [0.717, 1.165) is 41.9 Å². The summed E-state index contributed by atoms with van der Waals surface area (Å²) in [6.07, 6.45) is 8.78. The average molecular weight is 394 g/mol. The van der Waals surface area contributed by atoms with E-state index in [0.29, 0.717) is 12.5 Å². The van der Waals surface area contributed by atoms with E-state index < -0.39 is 0 Å². The normalized spacial score (nSPS) is 19.3. The Hall–Kier alpha value is -3.36. The highest BCUT2D eigenvalue weighted by atomic mass is 16.2. The molecule has 0 radical (unpaired) electrons. The molecule has 29 heavy (non-hydrogen) atoms. The molecule has 2 atom stereocenters. The lowest BCUT2D eigenvalue weighted by Gasteiger charge is -2.38. The summed E-state index contributed by atoms with van der Waals surface area (Å²) in [4.78, 5) is 26.4. The summed E-state index contributed by atoms with van der Waals surface area (Å²) in [6.45, 7) is 9.14. The van der Waals surface area contributed by atoms with Crippen LogP contribution in [0.15, 0.2) is 37.3 Å². The highest BCUT2D eigenvalue weighted by Gasteiger charge is 2.28. The van der Waals surface area contributed by atoms with Crippen LogP contribution in [0.5, 0.6) is 0 Å². The molecule has 3 aromatic heterocycles. The molecule has 152 valence electrons.